The molecule has 3 nitrogen and oxygen atoms in total. The maximum Gasteiger partial charge on any atom is 0.141 e. The smallest absolute Gasteiger partial charge is 0.141 e. The summed E-state index contributed by atoms with van der Waals surface area (Å²) in [4.78, 5) is 0. The van der Waals surface area contributed by atoms with Crippen molar-refractivity contribution in [3.63, 3.8) is 0 Å². The van der Waals surface area contributed by atoms with Gasteiger partial charge < -0.3 is 15.2 Å². The minimum Gasteiger partial charge on any atom is -0.506 e. The summed E-state index contributed by atoms with van der Waals surface area (Å²) in [5.74, 6) is 1.07. The van der Waals surface area contributed by atoms with Crippen molar-refractivity contribution in [2.45, 2.75) is 26.0 Å². The third kappa shape index (κ3) is 1.84. The summed E-state index contributed by atoms with van der Waals surface area (Å²) in [6.45, 7) is 2.69. The van der Waals surface area contributed by atoms with Crippen LogP contribution < -0.4 is 10.1 Å². The van der Waals surface area contributed by atoms with Gasteiger partial charge in [-0.3, -0.25) is 0 Å². The van der Waals surface area contributed by atoms with Crippen molar-refractivity contribution in [2.75, 3.05) is 7.05 Å². The summed E-state index contributed by atoms with van der Waals surface area (Å²) in [5.41, 5.74) is 2.07. The van der Waals surface area contributed by atoms with E-state index in [0.29, 0.717) is 11.0 Å². The first kappa shape index (κ1) is 10.8. The lowest BCUT2D eigenvalue weighted by molar-refractivity contribution is 0.252. The maximum atomic E-state index is 9.91. The summed E-state index contributed by atoms with van der Waals surface area (Å²) in [7, 11) is 1.86. The quantitative estimate of drug-likeness (QED) is 0.867. The molecule has 1 aliphatic heterocycles. The van der Waals surface area contributed by atoms with Gasteiger partial charge in [0.2, 0.25) is 0 Å². The second kappa shape index (κ2) is 4.02. The molecule has 15 heavy (non-hydrogen) atoms. The summed E-state index contributed by atoms with van der Waals surface area (Å²) in [5, 5.41) is 12.9. The lowest BCUT2D eigenvalue weighted by Crippen LogP contribution is -2.05. The van der Waals surface area contributed by atoms with Crippen molar-refractivity contribution in [3.05, 3.63) is 21.7 Å². The molecule has 1 heterocycles. The molecular weight excluding hydrogens is 258 g/mol. The highest BCUT2D eigenvalue weighted by Gasteiger charge is 2.25. The van der Waals surface area contributed by atoms with Crippen molar-refractivity contribution >= 4 is 15.9 Å². The highest BCUT2D eigenvalue weighted by atomic mass is 79.9. The van der Waals surface area contributed by atoms with E-state index in [2.05, 4.69) is 21.2 Å². The van der Waals surface area contributed by atoms with Gasteiger partial charge >= 0.3 is 0 Å². The van der Waals surface area contributed by atoms with Gasteiger partial charge in [0.1, 0.15) is 22.1 Å². The molecule has 0 bridgehead atoms. The summed E-state index contributed by atoms with van der Waals surface area (Å²) in [6.07, 6.45) is 1.10. The predicted octanol–water partition coefficient (Wildman–Crippen LogP) is 2.20. The van der Waals surface area contributed by atoms with Gasteiger partial charge in [0.05, 0.1) is 0 Å². The Hall–Kier alpha value is -0.740. The Morgan fingerprint density at radius 3 is 3.07 bits per heavy atom. The molecule has 0 spiro atoms. The number of phenols is 1. The SMILES string of the molecule is CNCc1cc2c(c(Br)c1O)OC(C)C2. The van der Waals surface area contributed by atoms with Crippen LogP contribution >= 0.6 is 15.9 Å². The van der Waals surface area contributed by atoms with Crippen LogP contribution in [0.4, 0.5) is 0 Å². The molecule has 1 atom stereocenters. The molecule has 0 aromatic heterocycles. The molecule has 4 heteroatoms. The first-order valence-electron chi connectivity index (χ1n) is 4.98. The molecule has 1 aromatic carbocycles. The first-order chi connectivity index (χ1) is 7.13. The molecule has 1 aromatic rings. The molecule has 0 radical (unpaired) electrons. The predicted molar refractivity (Wildman–Crippen MR) is 62.4 cm³/mol. The van der Waals surface area contributed by atoms with Gasteiger partial charge in [-0.25, -0.2) is 0 Å². The number of hydrogen-bond donors (Lipinski definition) is 2. The lowest BCUT2D eigenvalue weighted by Gasteiger charge is -2.10. The van der Waals surface area contributed by atoms with Gasteiger partial charge in [0.25, 0.3) is 0 Å². The van der Waals surface area contributed by atoms with Crippen LogP contribution in [0.5, 0.6) is 11.5 Å². The van der Waals surface area contributed by atoms with Crippen LogP contribution in [0.1, 0.15) is 18.1 Å². The lowest BCUT2D eigenvalue weighted by atomic mass is 10.1. The third-order valence-electron chi connectivity index (χ3n) is 2.55. The summed E-state index contributed by atoms with van der Waals surface area (Å²) in [6, 6.07) is 2.01. The van der Waals surface area contributed by atoms with E-state index < -0.39 is 0 Å². The summed E-state index contributed by atoms with van der Waals surface area (Å²) < 4.78 is 6.30. The Morgan fingerprint density at radius 1 is 1.67 bits per heavy atom. The van der Waals surface area contributed by atoms with Crippen LogP contribution in [-0.2, 0) is 13.0 Å². The fraction of sp³-hybridized carbons (Fsp3) is 0.455. The molecule has 0 saturated carbocycles. The Labute approximate surface area is 97.6 Å². The molecule has 1 unspecified atom stereocenters. The number of benzene rings is 1. The van der Waals surface area contributed by atoms with Gasteiger partial charge in [-0.1, -0.05) is 0 Å². The van der Waals surface area contributed by atoms with Gasteiger partial charge in [-0.05, 0) is 41.5 Å². The fourth-order valence-corrected chi connectivity index (χ4v) is 2.49. The van der Waals surface area contributed by atoms with E-state index in [1.165, 1.54) is 0 Å². The van der Waals surface area contributed by atoms with Crippen molar-refractivity contribution in [3.8, 4) is 11.5 Å². The van der Waals surface area contributed by atoms with Gasteiger partial charge in [0.15, 0.2) is 0 Å². The number of halogens is 1. The van der Waals surface area contributed by atoms with Crippen LogP contribution in [0.25, 0.3) is 0 Å². The van der Waals surface area contributed by atoms with Crippen LogP contribution in [0.3, 0.4) is 0 Å². The van der Waals surface area contributed by atoms with Crippen LogP contribution in [-0.4, -0.2) is 18.3 Å². The Bertz CT molecular complexity index is 392. The summed E-state index contributed by atoms with van der Waals surface area (Å²) >= 11 is 3.38. The largest absolute Gasteiger partial charge is 0.506 e. The van der Waals surface area contributed by atoms with E-state index in [1.807, 2.05) is 20.0 Å². The van der Waals surface area contributed by atoms with Crippen molar-refractivity contribution < 1.29 is 9.84 Å². The molecule has 1 aliphatic rings. The minimum absolute atomic E-state index is 0.195. The second-order valence-electron chi connectivity index (χ2n) is 3.85. The second-order valence-corrected chi connectivity index (χ2v) is 4.64. The van der Waals surface area contributed by atoms with Crippen molar-refractivity contribution in [2.24, 2.45) is 0 Å². The zero-order valence-corrected chi connectivity index (χ0v) is 10.4. The van der Waals surface area contributed by atoms with E-state index in [4.69, 9.17) is 4.74 Å². The standard InChI is InChI=1S/C11H14BrNO2/c1-6-3-7-4-8(5-13-2)10(14)9(12)11(7)15-6/h4,6,13-14H,3,5H2,1-2H3. The van der Waals surface area contributed by atoms with E-state index in [0.717, 1.165) is 23.3 Å². The zero-order chi connectivity index (χ0) is 11.0. The highest BCUT2D eigenvalue weighted by molar-refractivity contribution is 9.10. The maximum absolute atomic E-state index is 9.91. The molecule has 2 N–H and O–H groups in total. The van der Waals surface area contributed by atoms with Crippen LogP contribution in [0.15, 0.2) is 10.5 Å². The van der Waals surface area contributed by atoms with Crippen LogP contribution in [0.2, 0.25) is 0 Å². The number of rotatable bonds is 2. The average Bonchev–Trinajstić information content (AvgIpc) is 2.56. The fourth-order valence-electron chi connectivity index (χ4n) is 1.89. The third-order valence-corrected chi connectivity index (χ3v) is 3.28. The van der Waals surface area contributed by atoms with Gasteiger partial charge in [0, 0.05) is 18.5 Å². The zero-order valence-electron chi connectivity index (χ0n) is 8.80. The number of phenolic OH excluding ortho intramolecular Hbond substituents is 1. The van der Waals surface area contributed by atoms with E-state index in [9.17, 15) is 5.11 Å². The van der Waals surface area contributed by atoms with Crippen molar-refractivity contribution in [1.29, 1.82) is 0 Å². The minimum atomic E-state index is 0.195. The van der Waals surface area contributed by atoms with E-state index in [-0.39, 0.29) is 11.9 Å². The van der Waals surface area contributed by atoms with E-state index >= 15 is 0 Å². The van der Waals surface area contributed by atoms with Crippen LogP contribution in [0, 0.1) is 0 Å². The number of aromatic hydroxyl groups is 1. The number of nitrogens with one attached hydrogen (secondary N) is 1. The molecule has 0 saturated heterocycles. The average molecular weight is 272 g/mol. The Morgan fingerprint density at radius 2 is 2.40 bits per heavy atom. The molecule has 82 valence electrons. The Kier molecular flexibility index (Phi) is 2.89. The topological polar surface area (TPSA) is 41.5 Å². The number of hydrogen-bond acceptors (Lipinski definition) is 3. The number of ether oxygens (including phenoxy) is 1. The normalized spacial score (nSPS) is 18.7. The molecule has 0 fully saturated rings. The van der Waals surface area contributed by atoms with E-state index in [1.54, 1.807) is 0 Å². The first-order valence-corrected chi connectivity index (χ1v) is 5.77. The van der Waals surface area contributed by atoms with Gasteiger partial charge in [-0.15, -0.1) is 0 Å². The molecule has 2 rings (SSSR count). The highest BCUT2D eigenvalue weighted by Crippen LogP contribution is 2.43. The molecule has 0 amide bonds. The number of fused-ring (bicyclic) bond motifs is 1. The molecular formula is C11H14BrNO2. The molecule has 0 aliphatic carbocycles. The van der Waals surface area contributed by atoms with Gasteiger partial charge in [-0.2, -0.15) is 0 Å². The Balaban J connectivity index is 2.47. The van der Waals surface area contributed by atoms with Crippen molar-refractivity contribution in [1.82, 2.24) is 5.32 Å². The monoisotopic (exact) mass is 271 g/mol.